The summed E-state index contributed by atoms with van der Waals surface area (Å²) in [5.41, 5.74) is 0.935. The molecule has 0 fully saturated rings. The minimum absolute atomic E-state index is 0.0405. The molecule has 0 aromatic heterocycles. The molecule has 0 saturated carbocycles. The van der Waals surface area contributed by atoms with Gasteiger partial charge in [0.2, 0.25) is 11.8 Å². The van der Waals surface area contributed by atoms with Crippen molar-refractivity contribution in [2.75, 3.05) is 20.7 Å². The van der Waals surface area contributed by atoms with Gasteiger partial charge in [0.1, 0.15) is 0 Å². The van der Waals surface area contributed by atoms with Gasteiger partial charge >= 0.3 is 10.4 Å². The predicted molar refractivity (Wildman–Crippen MR) is 166 cm³/mol. The lowest BCUT2D eigenvalue weighted by Crippen LogP contribution is -2.31. The first kappa shape index (κ1) is 40.3. The maximum Gasteiger partial charge on any atom is 0.397 e. The number of amides is 2. The minimum atomic E-state index is -4.19. The molecule has 1 aromatic carbocycles. The molecule has 0 unspecified atom stereocenters. The molecule has 0 aliphatic heterocycles. The first-order valence-electron chi connectivity index (χ1n) is 15.3. The lowest BCUT2D eigenvalue weighted by atomic mass is 10.0. The van der Waals surface area contributed by atoms with Crippen LogP contribution in [0.15, 0.2) is 30.3 Å². The van der Waals surface area contributed by atoms with Gasteiger partial charge in [-0.1, -0.05) is 134 Å². The number of hydrogen-bond donors (Lipinski definition) is 3. The molecule has 0 saturated heterocycles. The van der Waals surface area contributed by atoms with Crippen LogP contribution in [-0.4, -0.2) is 45.5 Å². The van der Waals surface area contributed by atoms with Gasteiger partial charge in [0.05, 0.1) is 13.0 Å². The number of unbranched alkanes of at least 4 members (excludes halogenated alkanes) is 14. The summed E-state index contributed by atoms with van der Waals surface area (Å²) in [6.07, 6.45) is 21.0. The smallest absolute Gasteiger partial charge is 0.323 e. The zero-order chi connectivity index (χ0) is 30.3. The van der Waals surface area contributed by atoms with E-state index in [0.29, 0.717) is 12.8 Å². The number of hydrogen-bond acceptors (Lipinski definition) is 6. The fraction of sp³-hybridized carbons (Fsp3) is 0.742. The van der Waals surface area contributed by atoms with Crippen molar-refractivity contribution >= 4 is 22.2 Å². The Kier molecular flexibility index (Phi) is 30.4. The molecule has 9 heteroatoms. The topological polar surface area (TPSA) is 122 Å². The largest absolute Gasteiger partial charge is 0.397 e. The van der Waals surface area contributed by atoms with E-state index in [1.54, 1.807) is 6.92 Å². The van der Waals surface area contributed by atoms with Gasteiger partial charge in [-0.2, -0.15) is 8.42 Å². The summed E-state index contributed by atoms with van der Waals surface area (Å²) in [5.74, 6) is -0.345. The molecule has 1 aromatic rings. The van der Waals surface area contributed by atoms with Gasteiger partial charge in [-0.3, -0.25) is 19.5 Å². The molecule has 3 N–H and O–H groups in total. The minimum Gasteiger partial charge on any atom is -0.323 e. The normalized spacial score (nSPS) is 10.6. The first-order chi connectivity index (χ1) is 19.2. The van der Waals surface area contributed by atoms with Crippen molar-refractivity contribution in [3.63, 3.8) is 0 Å². The second kappa shape index (κ2) is 30.2. The van der Waals surface area contributed by atoms with Crippen LogP contribution >= 0.6 is 0 Å². The maximum atomic E-state index is 11.9. The number of rotatable bonds is 21. The van der Waals surface area contributed by atoms with E-state index >= 15 is 0 Å². The van der Waals surface area contributed by atoms with Crippen LogP contribution in [0, 0.1) is 0 Å². The molecule has 0 spiro atoms. The summed E-state index contributed by atoms with van der Waals surface area (Å²) in [4.78, 5) is 23.7. The van der Waals surface area contributed by atoms with E-state index in [-0.39, 0.29) is 24.8 Å². The van der Waals surface area contributed by atoms with Crippen LogP contribution in [0.3, 0.4) is 0 Å². The number of imide groups is 1. The molecule has 8 nitrogen and oxygen atoms in total. The Morgan fingerprint density at radius 2 is 1.12 bits per heavy atom. The molecule has 0 bridgehead atoms. The van der Waals surface area contributed by atoms with Crippen LogP contribution in [0.25, 0.3) is 0 Å². The number of carbonyl (C=O) groups is 2. The third-order valence-corrected chi connectivity index (χ3v) is 6.39. The van der Waals surface area contributed by atoms with E-state index in [1.807, 2.05) is 44.4 Å². The van der Waals surface area contributed by atoms with Gasteiger partial charge in [0.25, 0.3) is 0 Å². The lowest BCUT2D eigenvalue weighted by molar-refractivity contribution is -0.130. The molecule has 1 rings (SSSR count). The van der Waals surface area contributed by atoms with Gasteiger partial charge in [0.15, 0.2) is 0 Å². The van der Waals surface area contributed by atoms with Crippen LogP contribution in [0.2, 0.25) is 0 Å². The molecule has 0 radical (unpaired) electrons. The van der Waals surface area contributed by atoms with E-state index in [4.69, 9.17) is 4.55 Å². The lowest BCUT2D eigenvalue weighted by Gasteiger charge is -2.05. The third-order valence-electron chi connectivity index (χ3n) is 5.93. The quantitative estimate of drug-likeness (QED) is 0.103. The molecule has 234 valence electrons. The van der Waals surface area contributed by atoms with Crippen molar-refractivity contribution < 1.29 is 26.7 Å². The zero-order valence-electron chi connectivity index (χ0n) is 25.7. The Balaban J connectivity index is 0. The van der Waals surface area contributed by atoms with Crippen LogP contribution < -0.4 is 10.6 Å². The Morgan fingerprint density at radius 3 is 1.50 bits per heavy atom. The first-order valence-corrected chi connectivity index (χ1v) is 16.6. The van der Waals surface area contributed by atoms with Crippen molar-refractivity contribution in [2.45, 2.75) is 129 Å². The summed E-state index contributed by atoms with van der Waals surface area (Å²) in [5, 5.41) is 5.25. The second-order valence-electron chi connectivity index (χ2n) is 10.1. The fourth-order valence-corrected chi connectivity index (χ4v) is 4.27. The Morgan fingerprint density at radius 1 is 0.700 bits per heavy atom. The maximum absolute atomic E-state index is 11.9. The van der Waals surface area contributed by atoms with Gasteiger partial charge in [-0.25, -0.2) is 4.18 Å². The van der Waals surface area contributed by atoms with Gasteiger partial charge < -0.3 is 5.32 Å². The summed E-state index contributed by atoms with van der Waals surface area (Å²) < 4.78 is 31.3. The second-order valence-corrected chi connectivity index (χ2v) is 11.2. The van der Waals surface area contributed by atoms with Crippen molar-refractivity contribution in [3.05, 3.63) is 35.9 Å². The van der Waals surface area contributed by atoms with Crippen LogP contribution in [0.4, 0.5) is 0 Å². The van der Waals surface area contributed by atoms with Crippen molar-refractivity contribution in [1.82, 2.24) is 10.6 Å². The van der Waals surface area contributed by atoms with E-state index in [0.717, 1.165) is 18.4 Å². The van der Waals surface area contributed by atoms with Crippen molar-refractivity contribution in [3.8, 4) is 0 Å². The predicted octanol–water partition coefficient (Wildman–Crippen LogP) is 7.18. The van der Waals surface area contributed by atoms with Crippen LogP contribution in [0.1, 0.15) is 129 Å². The fourth-order valence-electron chi connectivity index (χ4n) is 3.89. The third kappa shape index (κ3) is 34.2. The van der Waals surface area contributed by atoms with E-state index in [9.17, 15) is 18.0 Å². The monoisotopic (exact) mass is 586 g/mol. The Bertz CT molecular complexity index is 803. The number of benzene rings is 1. The highest BCUT2D eigenvalue weighted by atomic mass is 32.3. The molecular formula is C31H58N2O6S. The van der Waals surface area contributed by atoms with Crippen LogP contribution in [0.5, 0.6) is 0 Å². The average molecular weight is 587 g/mol. The number of nitrogens with one attached hydrogen (secondary N) is 2. The molecule has 40 heavy (non-hydrogen) atoms. The van der Waals surface area contributed by atoms with Crippen molar-refractivity contribution in [2.24, 2.45) is 0 Å². The highest BCUT2D eigenvalue weighted by molar-refractivity contribution is 7.80. The SMILES string of the molecule is CCCCCCCCCCCCCCCCCC(=O)NC(=O)Cc1ccccc1.CCCOS(=O)(=O)O.CNC. The zero-order valence-corrected chi connectivity index (χ0v) is 26.5. The van der Waals surface area contributed by atoms with Crippen molar-refractivity contribution in [1.29, 1.82) is 0 Å². The van der Waals surface area contributed by atoms with Gasteiger partial charge in [-0.05, 0) is 32.5 Å². The number of carbonyl (C=O) groups excluding carboxylic acids is 2. The Hall–Kier alpha value is -1.81. The summed E-state index contributed by atoms with van der Waals surface area (Å²) in [7, 11) is -0.436. The molecule has 0 atom stereocenters. The highest BCUT2D eigenvalue weighted by Crippen LogP contribution is 2.13. The van der Waals surface area contributed by atoms with E-state index in [1.165, 1.54) is 83.5 Å². The summed E-state index contributed by atoms with van der Waals surface area (Å²) in [6, 6.07) is 9.53. The molecule has 2 amide bonds. The average Bonchev–Trinajstić information content (AvgIpc) is 2.90. The highest BCUT2D eigenvalue weighted by Gasteiger charge is 2.08. The van der Waals surface area contributed by atoms with Gasteiger partial charge in [-0.15, -0.1) is 0 Å². The molecule has 0 aliphatic rings. The summed E-state index contributed by atoms with van der Waals surface area (Å²) in [6.45, 7) is 4.05. The molecule has 0 aliphatic carbocycles. The molecular weight excluding hydrogens is 528 g/mol. The van der Waals surface area contributed by atoms with Gasteiger partial charge in [0, 0.05) is 6.42 Å². The van der Waals surface area contributed by atoms with E-state index < -0.39 is 10.4 Å². The van der Waals surface area contributed by atoms with E-state index in [2.05, 4.69) is 21.7 Å². The molecule has 0 heterocycles. The summed E-state index contributed by atoms with van der Waals surface area (Å²) >= 11 is 0. The van der Waals surface area contributed by atoms with Crippen LogP contribution in [-0.2, 0) is 30.6 Å². The standard InChI is InChI=1S/C26H43NO2.C3H8O4S.C2H7N/c1-2-3-4-5-6-7-8-9-10-11-12-13-14-15-19-22-25(28)27-26(29)23-24-20-17-16-18-21-24;1-2-3-7-8(4,5)6;1-3-2/h16-18,20-21H,2-15,19,22-23H2,1H3,(H,27,28,29);2-3H2,1H3,(H,4,5,6);3H,1-2H3. The Labute approximate surface area is 245 Å².